The Labute approximate surface area is 137 Å². The average Bonchev–Trinajstić information content (AvgIpc) is 2.46. The molecule has 1 aliphatic heterocycles. The summed E-state index contributed by atoms with van der Waals surface area (Å²) < 4.78 is 9.94. The van der Waals surface area contributed by atoms with Gasteiger partial charge in [0.05, 0.1) is 6.61 Å². The molecule has 0 atom stereocenters. The van der Waals surface area contributed by atoms with Gasteiger partial charge in [0.15, 0.2) is 0 Å². The van der Waals surface area contributed by atoms with Gasteiger partial charge in [-0.2, -0.15) is 0 Å². The Bertz CT molecular complexity index is 425. The molecule has 1 heterocycles. The maximum atomic E-state index is 11.9. The number of nitrogens with zero attached hydrogens (tertiary/aromatic N) is 2. The maximum Gasteiger partial charge on any atom is 0.410 e. The molecule has 8 nitrogen and oxygen atoms in total. The fourth-order valence-electron chi connectivity index (χ4n) is 2.08. The lowest BCUT2D eigenvalue weighted by Gasteiger charge is -2.35. The molecule has 0 aliphatic carbocycles. The van der Waals surface area contributed by atoms with Gasteiger partial charge in [0, 0.05) is 39.3 Å². The first-order valence-electron chi connectivity index (χ1n) is 7.88. The van der Waals surface area contributed by atoms with Crippen LogP contribution in [-0.4, -0.2) is 79.2 Å². The summed E-state index contributed by atoms with van der Waals surface area (Å²) >= 11 is 0. The molecule has 1 N–H and O–H groups in total. The lowest BCUT2D eigenvalue weighted by Crippen LogP contribution is -2.51. The summed E-state index contributed by atoms with van der Waals surface area (Å²) in [5.74, 6) is -1.58. The third-order valence-corrected chi connectivity index (χ3v) is 3.20. The van der Waals surface area contributed by atoms with Crippen molar-refractivity contribution in [3.05, 3.63) is 0 Å². The average molecular weight is 329 g/mol. The van der Waals surface area contributed by atoms with Gasteiger partial charge in [-0.25, -0.2) is 9.59 Å². The van der Waals surface area contributed by atoms with Gasteiger partial charge in [-0.15, -0.1) is 0 Å². The highest BCUT2D eigenvalue weighted by Crippen LogP contribution is 2.11. The van der Waals surface area contributed by atoms with Crippen molar-refractivity contribution in [3.8, 4) is 0 Å². The van der Waals surface area contributed by atoms with Gasteiger partial charge in [-0.3, -0.25) is 9.69 Å². The third kappa shape index (κ3) is 7.32. The summed E-state index contributed by atoms with van der Waals surface area (Å²) in [6.45, 7) is 10.9. The zero-order chi connectivity index (χ0) is 17.5. The van der Waals surface area contributed by atoms with E-state index in [1.807, 2.05) is 20.8 Å². The molecule has 0 radical (unpaired) electrons. The smallest absolute Gasteiger partial charge is 0.410 e. The molecule has 0 aromatic heterocycles. The first-order valence-corrected chi connectivity index (χ1v) is 7.88. The molecule has 0 bridgehead atoms. The second-order valence-electron chi connectivity index (χ2n) is 6.29. The molecule has 0 spiro atoms. The van der Waals surface area contributed by atoms with Crippen molar-refractivity contribution >= 4 is 18.0 Å². The molecule has 1 rings (SSSR count). The van der Waals surface area contributed by atoms with Gasteiger partial charge in [-0.1, -0.05) is 0 Å². The van der Waals surface area contributed by atoms with Crippen LogP contribution in [0.2, 0.25) is 0 Å². The molecule has 0 unspecified atom stereocenters. The van der Waals surface area contributed by atoms with Crippen molar-refractivity contribution in [2.24, 2.45) is 0 Å². The maximum absolute atomic E-state index is 11.9. The summed E-state index contributed by atoms with van der Waals surface area (Å²) in [6.07, 6.45) is -0.298. The van der Waals surface area contributed by atoms with Crippen molar-refractivity contribution in [1.29, 1.82) is 0 Å². The van der Waals surface area contributed by atoms with Crippen LogP contribution in [0.15, 0.2) is 0 Å². The summed E-state index contributed by atoms with van der Waals surface area (Å²) in [6, 6.07) is 0. The molecule has 132 valence electrons. The fraction of sp³-hybridized carbons (Fsp3) is 0.800. The monoisotopic (exact) mass is 329 g/mol. The predicted molar refractivity (Wildman–Crippen MR) is 83.9 cm³/mol. The topological polar surface area (TPSA) is 88.2 Å². The molecule has 0 aromatic carbocycles. The molecule has 23 heavy (non-hydrogen) atoms. The summed E-state index contributed by atoms with van der Waals surface area (Å²) in [7, 11) is 0. The number of hydrogen-bond donors (Lipinski definition) is 1. The first-order chi connectivity index (χ1) is 10.7. The summed E-state index contributed by atoms with van der Waals surface area (Å²) in [5, 5.41) is 2.52. The van der Waals surface area contributed by atoms with Crippen LogP contribution in [0.3, 0.4) is 0 Å². The van der Waals surface area contributed by atoms with E-state index in [1.54, 1.807) is 11.8 Å². The number of carbonyl (C=O) groups is 3. The van der Waals surface area contributed by atoms with E-state index in [4.69, 9.17) is 4.74 Å². The van der Waals surface area contributed by atoms with Gasteiger partial charge < -0.3 is 19.7 Å². The SMILES string of the molecule is CCOC(=O)C(=O)NCCN1CCN(C(=O)OC(C)(C)C)CC1. The van der Waals surface area contributed by atoms with Gasteiger partial charge in [0.1, 0.15) is 5.60 Å². The molecule has 1 saturated heterocycles. The van der Waals surface area contributed by atoms with Gasteiger partial charge in [0.25, 0.3) is 0 Å². The van der Waals surface area contributed by atoms with E-state index >= 15 is 0 Å². The summed E-state index contributed by atoms with van der Waals surface area (Å²) in [4.78, 5) is 38.3. The van der Waals surface area contributed by atoms with E-state index in [0.29, 0.717) is 39.3 Å². The van der Waals surface area contributed by atoms with Gasteiger partial charge in [-0.05, 0) is 27.7 Å². The number of ether oxygens (including phenoxy) is 2. The molecule has 2 amide bonds. The minimum absolute atomic E-state index is 0.179. The van der Waals surface area contributed by atoms with Crippen molar-refractivity contribution < 1.29 is 23.9 Å². The Morgan fingerprint density at radius 2 is 1.70 bits per heavy atom. The lowest BCUT2D eigenvalue weighted by molar-refractivity contribution is -0.154. The quantitative estimate of drug-likeness (QED) is 0.586. The Balaban J connectivity index is 2.23. The third-order valence-electron chi connectivity index (χ3n) is 3.20. The molecule has 0 saturated carbocycles. The van der Waals surface area contributed by atoms with Crippen LogP contribution >= 0.6 is 0 Å². The minimum Gasteiger partial charge on any atom is -0.459 e. The summed E-state index contributed by atoms with van der Waals surface area (Å²) in [5.41, 5.74) is -0.494. The zero-order valence-corrected chi connectivity index (χ0v) is 14.4. The highest BCUT2D eigenvalue weighted by molar-refractivity contribution is 6.32. The number of rotatable bonds is 4. The second-order valence-corrected chi connectivity index (χ2v) is 6.29. The van der Waals surface area contributed by atoms with Crippen molar-refractivity contribution in [2.45, 2.75) is 33.3 Å². The van der Waals surface area contributed by atoms with Crippen molar-refractivity contribution in [2.75, 3.05) is 45.9 Å². The predicted octanol–water partition coefficient (Wildman–Crippen LogP) is 0.218. The van der Waals surface area contributed by atoms with Crippen LogP contribution in [0, 0.1) is 0 Å². The van der Waals surface area contributed by atoms with Crippen LogP contribution < -0.4 is 5.32 Å². The Kier molecular flexibility index (Phi) is 7.28. The Hall–Kier alpha value is -1.83. The first kappa shape index (κ1) is 19.2. The van der Waals surface area contributed by atoms with Gasteiger partial charge in [0.2, 0.25) is 0 Å². The highest BCUT2D eigenvalue weighted by Gasteiger charge is 2.25. The van der Waals surface area contributed by atoms with Crippen molar-refractivity contribution in [1.82, 2.24) is 15.1 Å². The minimum atomic E-state index is -0.859. The Morgan fingerprint density at radius 3 is 2.22 bits per heavy atom. The number of hydrogen-bond acceptors (Lipinski definition) is 6. The molecular formula is C15H27N3O5. The van der Waals surface area contributed by atoms with Crippen LogP contribution in [0.5, 0.6) is 0 Å². The molecule has 8 heteroatoms. The van der Waals surface area contributed by atoms with E-state index in [0.717, 1.165) is 0 Å². The van der Waals surface area contributed by atoms with Crippen LogP contribution in [0.4, 0.5) is 4.79 Å². The van der Waals surface area contributed by atoms with Crippen LogP contribution in [0.25, 0.3) is 0 Å². The number of nitrogens with one attached hydrogen (secondary N) is 1. The van der Waals surface area contributed by atoms with E-state index in [9.17, 15) is 14.4 Å². The number of amides is 2. The van der Waals surface area contributed by atoms with Crippen LogP contribution in [-0.2, 0) is 19.1 Å². The van der Waals surface area contributed by atoms with E-state index in [1.165, 1.54) is 0 Å². The fourth-order valence-corrected chi connectivity index (χ4v) is 2.08. The Morgan fingerprint density at radius 1 is 1.09 bits per heavy atom. The van der Waals surface area contributed by atoms with Crippen molar-refractivity contribution in [3.63, 3.8) is 0 Å². The van der Waals surface area contributed by atoms with E-state index in [2.05, 4.69) is 15.0 Å². The molecule has 1 aliphatic rings. The second kappa shape index (κ2) is 8.71. The van der Waals surface area contributed by atoms with E-state index in [-0.39, 0.29) is 12.7 Å². The number of piperazine rings is 1. The number of carbonyl (C=O) groups excluding carboxylic acids is 3. The van der Waals surface area contributed by atoms with E-state index < -0.39 is 17.5 Å². The van der Waals surface area contributed by atoms with Gasteiger partial charge >= 0.3 is 18.0 Å². The zero-order valence-electron chi connectivity index (χ0n) is 14.4. The molecule has 1 fully saturated rings. The lowest BCUT2D eigenvalue weighted by atomic mass is 10.2. The number of esters is 1. The standard InChI is InChI=1S/C15H27N3O5/c1-5-22-13(20)12(19)16-6-7-17-8-10-18(11-9-17)14(21)23-15(2,3)4/h5-11H2,1-4H3,(H,16,19). The largest absolute Gasteiger partial charge is 0.459 e. The molecule has 0 aromatic rings. The van der Waals surface area contributed by atoms with Crippen LogP contribution in [0.1, 0.15) is 27.7 Å². The molecular weight excluding hydrogens is 302 g/mol. The normalized spacial score (nSPS) is 15.9. The highest BCUT2D eigenvalue weighted by atomic mass is 16.6.